The summed E-state index contributed by atoms with van der Waals surface area (Å²) in [7, 11) is 2.13. The van der Waals surface area contributed by atoms with Gasteiger partial charge in [-0.15, -0.1) is 0 Å². The fourth-order valence-electron chi connectivity index (χ4n) is 3.40. The van der Waals surface area contributed by atoms with Crippen LogP contribution in [0.1, 0.15) is 29.7 Å². The minimum absolute atomic E-state index is 0.252. The van der Waals surface area contributed by atoms with Crippen LogP contribution >= 0.6 is 12.2 Å². The van der Waals surface area contributed by atoms with E-state index in [0.717, 1.165) is 16.9 Å². The topological polar surface area (TPSA) is 70.8 Å². The van der Waals surface area contributed by atoms with Gasteiger partial charge in [0.1, 0.15) is 18.7 Å². The van der Waals surface area contributed by atoms with E-state index in [2.05, 4.69) is 78.7 Å². The molecule has 0 fully saturated rings. The first kappa shape index (κ1) is 20.1. The monoisotopic (exact) mass is 421 g/mol. The number of hydrogen-bond acceptors (Lipinski definition) is 5. The predicted octanol–water partition coefficient (Wildman–Crippen LogP) is 2.23. The molecule has 2 aromatic heterocycles. The van der Waals surface area contributed by atoms with Crippen LogP contribution in [0.5, 0.6) is 0 Å². The highest BCUT2D eigenvalue weighted by Crippen LogP contribution is 2.17. The Kier molecular flexibility index (Phi) is 5.56. The van der Waals surface area contributed by atoms with Crippen molar-refractivity contribution in [2.75, 3.05) is 7.05 Å². The Morgan fingerprint density at radius 2 is 1.83 bits per heavy atom. The number of hydrogen-bond donors (Lipinski definition) is 1. The van der Waals surface area contributed by atoms with Gasteiger partial charge in [0.25, 0.3) is 0 Å². The van der Waals surface area contributed by atoms with Crippen molar-refractivity contribution in [1.29, 1.82) is 0 Å². The molecule has 0 aliphatic heterocycles. The molecule has 4 rings (SSSR count). The Labute approximate surface area is 180 Å². The van der Waals surface area contributed by atoms with Crippen molar-refractivity contribution in [3.63, 3.8) is 0 Å². The summed E-state index contributed by atoms with van der Waals surface area (Å²) < 4.78 is 5.86. The van der Waals surface area contributed by atoms with E-state index in [-0.39, 0.29) is 6.04 Å². The largest absolute Gasteiger partial charge is 0.313 e. The molecule has 2 heterocycles. The van der Waals surface area contributed by atoms with E-state index in [1.165, 1.54) is 22.4 Å². The second kappa shape index (κ2) is 8.29. The van der Waals surface area contributed by atoms with E-state index in [0.29, 0.717) is 11.4 Å². The smallest absolute Gasteiger partial charge is 0.225 e. The van der Waals surface area contributed by atoms with Gasteiger partial charge in [0, 0.05) is 5.56 Å². The molecule has 0 saturated heterocycles. The summed E-state index contributed by atoms with van der Waals surface area (Å²) in [5, 5.41) is 12.8. The van der Waals surface area contributed by atoms with Gasteiger partial charge in [0.15, 0.2) is 6.67 Å². The lowest BCUT2D eigenvalue weighted by molar-refractivity contribution is -0.933. The highest BCUT2D eigenvalue weighted by molar-refractivity contribution is 7.71. The molecule has 1 N–H and O–H groups in total. The molecule has 154 valence electrons. The van der Waals surface area contributed by atoms with E-state index in [1.807, 2.05) is 12.1 Å². The number of benzene rings is 2. The number of aromatic nitrogens is 7. The van der Waals surface area contributed by atoms with E-state index in [1.54, 1.807) is 20.4 Å². The minimum atomic E-state index is 0.252. The van der Waals surface area contributed by atoms with Gasteiger partial charge in [0.2, 0.25) is 4.77 Å². The van der Waals surface area contributed by atoms with E-state index >= 15 is 0 Å². The van der Waals surface area contributed by atoms with Gasteiger partial charge in [-0.05, 0) is 72.7 Å². The van der Waals surface area contributed by atoms with Crippen LogP contribution in [-0.2, 0) is 6.67 Å². The predicted molar refractivity (Wildman–Crippen MR) is 116 cm³/mol. The molecule has 0 amide bonds. The molecule has 2 aromatic carbocycles. The van der Waals surface area contributed by atoms with Crippen LogP contribution in [0.25, 0.3) is 11.4 Å². The maximum Gasteiger partial charge on any atom is 0.225 e. The summed E-state index contributed by atoms with van der Waals surface area (Å²) in [6.45, 7) is 6.97. The second-order valence-corrected chi connectivity index (χ2v) is 7.91. The lowest BCUT2D eigenvalue weighted by atomic mass is 10.1. The van der Waals surface area contributed by atoms with Gasteiger partial charge < -0.3 is 4.90 Å². The Hall–Kier alpha value is -3.17. The third-order valence-corrected chi connectivity index (χ3v) is 6.04. The maximum absolute atomic E-state index is 5.67. The molecule has 2 atom stereocenters. The SMILES string of the molecule is Cc1cccc(-n2nnn(C[NH+](C)[C@H](C)c3ccc(-n4cncn4)cc3)c2=S)c1C. The van der Waals surface area contributed by atoms with Gasteiger partial charge in [-0.2, -0.15) is 14.5 Å². The molecule has 0 spiro atoms. The van der Waals surface area contributed by atoms with Crippen molar-refractivity contribution in [3.05, 3.63) is 76.6 Å². The van der Waals surface area contributed by atoms with Crippen LogP contribution in [0.15, 0.2) is 55.1 Å². The Bertz CT molecular complexity index is 1190. The number of nitrogens with zero attached hydrogens (tertiary/aromatic N) is 7. The van der Waals surface area contributed by atoms with Crippen molar-refractivity contribution in [3.8, 4) is 11.4 Å². The van der Waals surface area contributed by atoms with Crippen LogP contribution in [-0.4, -0.2) is 41.6 Å². The van der Waals surface area contributed by atoms with Gasteiger partial charge in [0.05, 0.1) is 18.4 Å². The molecule has 0 saturated carbocycles. The standard InChI is InChI=1S/C21H24N8S/c1-15-6-5-7-20(16(15)2)29-21(30)28(24-25-29)14-26(4)17(3)18-8-10-19(11-9-18)27-13-22-12-23-27/h5-13,17H,14H2,1-4H3/p+1/t17-/m1/s1. The third kappa shape index (κ3) is 3.81. The third-order valence-electron chi connectivity index (χ3n) is 5.66. The first-order chi connectivity index (χ1) is 14.5. The molecule has 0 aliphatic carbocycles. The fourth-order valence-corrected chi connectivity index (χ4v) is 3.64. The van der Waals surface area contributed by atoms with Gasteiger partial charge >= 0.3 is 0 Å². The lowest BCUT2D eigenvalue weighted by Crippen LogP contribution is -3.08. The summed E-state index contributed by atoms with van der Waals surface area (Å²) in [4.78, 5) is 5.25. The Balaban J connectivity index is 1.51. The molecule has 0 bridgehead atoms. The molecular formula is C21H25N8S+. The van der Waals surface area contributed by atoms with Crippen molar-refractivity contribution >= 4 is 12.2 Å². The average Bonchev–Trinajstić information content (AvgIpc) is 3.41. The van der Waals surface area contributed by atoms with E-state index in [9.17, 15) is 0 Å². The minimum Gasteiger partial charge on any atom is -0.313 e. The molecule has 1 unspecified atom stereocenters. The van der Waals surface area contributed by atoms with Crippen LogP contribution in [0.2, 0.25) is 0 Å². The molecule has 0 radical (unpaired) electrons. The van der Waals surface area contributed by atoms with Gasteiger partial charge in [-0.1, -0.05) is 24.3 Å². The highest BCUT2D eigenvalue weighted by Gasteiger charge is 2.18. The summed E-state index contributed by atoms with van der Waals surface area (Å²) in [5.41, 5.74) is 5.54. The van der Waals surface area contributed by atoms with Crippen LogP contribution in [0.3, 0.4) is 0 Å². The molecule has 8 nitrogen and oxygen atoms in total. The summed E-state index contributed by atoms with van der Waals surface area (Å²) in [5.74, 6) is 0. The maximum atomic E-state index is 5.67. The van der Waals surface area contributed by atoms with Gasteiger partial charge in [-0.3, -0.25) is 0 Å². The molecule has 4 aromatic rings. The zero-order chi connectivity index (χ0) is 21.3. The van der Waals surface area contributed by atoms with E-state index < -0.39 is 0 Å². The van der Waals surface area contributed by atoms with Crippen molar-refractivity contribution in [1.82, 2.24) is 34.6 Å². The highest BCUT2D eigenvalue weighted by atomic mass is 32.1. The second-order valence-electron chi connectivity index (χ2n) is 7.55. The Morgan fingerprint density at radius 1 is 1.07 bits per heavy atom. The number of tetrazole rings is 1. The normalized spacial score (nSPS) is 13.3. The van der Waals surface area contributed by atoms with E-state index in [4.69, 9.17) is 12.2 Å². The number of quaternary nitrogens is 1. The van der Waals surface area contributed by atoms with Crippen molar-refractivity contribution in [2.24, 2.45) is 0 Å². The summed E-state index contributed by atoms with van der Waals surface area (Å²) >= 11 is 5.67. The number of rotatable bonds is 6. The first-order valence-corrected chi connectivity index (χ1v) is 10.2. The number of nitrogens with one attached hydrogen (secondary N) is 1. The van der Waals surface area contributed by atoms with Crippen LogP contribution in [0, 0.1) is 18.6 Å². The van der Waals surface area contributed by atoms with Crippen LogP contribution in [0.4, 0.5) is 0 Å². The molecular weight excluding hydrogens is 396 g/mol. The lowest BCUT2D eigenvalue weighted by Gasteiger charge is -2.21. The van der Waals surface area contributed by atoms with Gasteiger partial charge in [-0.25, -0.2) is 9.67 Å². The molecule has 30 heavy (non-hydrogen) atoms. The fraction of sp³-hybridized carbons (Fsp3) is 0.286. The Morgan fingerprint density at radius 3 is 2.53 bits per heavy atom. The zero-order valence-electron chi connectivity index (χ0n) is 17.5. The molecule has 9 heteroatoms. The first-order valence-electron chi connectivity index (χ1n) is 9.82. The summed E-state index contributed by atoms with van der Waals surface area (Å²) in [6, 6.07) is 14.7. The number of aryl methyl sites for hydroxylation is 1. The quantitative estimate of drug-likeness (QED) is 0.484. The summed E-state index contributed by atoms with van der Waals surface area (Å²) in [6.07, 6.45) is 3.22. The average molecular weight is 422 g/mol. The van der Waals surface area contributed by atoms with Crippen molar-refractivity contribution in [2.45, 2.75) is 33.5 Å². The zero-order valence-corrected chi connectivity index (χ0v) is 18.3. The van der Waals surface area contributed by atoms with Crippen LogP contribution < -0.4 is 4.90 Å². The molecule has 0 aliphatic rings. The van der Waals surface area contributed by atoms with Crippen molar-refractivity contribution < 1.29 is 4.90 Å².